The number of aryl methyl sites for hydroxylation is 1. The van der Waals surface area contributed by atoms with Gasteiger partial charge in [-0.15, -0.1) is 12.4 Å². The fourth-order valence-corrected chi connectivity index (χ4v) is 2.78. The van der Waals surface area contributed by atoms with Crippen LogP contribution in [0.1, 0.15) is 17.7 Å². The number of benzene rings is 1. The summed E-state index contributed by atoms with van der Waals surface area (Å²) in [5, 5.41) is 4.77. The molecular weight excluding hydrogens is 244 g/mol. The minimum absolute atomic E-state index is 0. The molecule has 1 aromatic carbocycles. The fourth-order valence-electron chi connectivity index (χ4n) is 2.78. The van der Waals surface area contributed by atoms with E-state index in [0.29, 0.717) is 0 Å². The molecular formula is C15H19ClN2. The first-order valence-corrected chi connectivity index (χ1v) is 6.23. The summed E-state index contributed by atoms with van der Waals surface area (Å²) in [7, 11) is 2.16. The van der Waals surface area contributed by atoms with E-state index in [2.05, 4.69) is 54.2 Å². The van der Waals surface area contributed by atoms with Crippen molar-refractivity contribution in [3.05, 3.63) is 41.6 Å². The fraction of sp³-hybridized carbons (Fsp3) is 0.333. The summed E-state index contributed by atoms with van der Waals surface area (Å²) in [6.45, 7) is 4.31. The Hall–Kier alpha value is -1.25. The third kappa shape index (κ3) is 1.96. The van der Waals surface area contributed by atoms with Crippen LogP contribution < -0.4 is 5.32 Å². The summed E-state index contributed by atoms with van der Waals surface area (Å²) in [6, 6.07) is 8.68. The van der Waals surface area contributed by atoms with Crippen LogP contribution in [0, 0.1) is 6.92 Å². The van der Waals surface area contributed by atoms with Gasteiger partial charge in [-0.2, -0.15) is 0 Å². The van der Waals surface area contributed by atoms with Crippen LogP contribution in [0.25, 0.3) is 16.5 Å². The standard InChI is InChI=1S/C15H18N2.ClH/c1-11-15(12-7-9-16-10-8-12)13-5-3-4-6-14(13)17(11)2;/h3-7,16H,8-10H2,1-2H3;1H. The SMILES string of the molecule is Cc1c(C2=CCNCC2)c2ccccc2n1C.Cl. The van der Waals surface area contributed by atoms with Crippen molar-refractivity contribution >= 4 is 28.9 Å². The van der Waals surface area contributed by atoms with E-state index in [0.717, 1.165) is 19.5 Å². The van der Waals surface area contributed by atoms with Crippen LogP contribution in [0.3, 0.4) is 0 Å². The monoisotopic (exact) mass is 262 g/mol. The predicted octanol–water partition coefficient (Wildman–Crippen LogP) is 3.29. The van der Waals surface area contributed by atoms with Crippen molar-refractivity contribution in [1.29, 1.82) is 0 Å². The van der Waals surface area contributed by atoms with Crippen molar-refractivity contribution in [1.82, 2.24) is 9.88 Å². The van der Waals surface area contributed by atoms with E-state index in [1.54, 1.807) is 0 Å². The lowest BCUT2D eigenvalue weighted by Gasteiger charge is -2.14. The summed E-state index contributed by atoms with van der Waals surface area (Å²) >= 11 is 0. The quantitative estimate of drug-likeness (QED) is 0.835. The molecule has 18 heavy (non-hydrogen) atoms. The van der Waals surface area contributed by atoms with Crippen molar-refractivity contribution in [3.8, 4) is 0 Å². The summed E-state index contributed by atoms with van der Waals surface area (Å²) in [5.74, 6) is 0. The maximum atomic E-state index is 3.38. The molecule has 0 fully saturated rings. The Morgan fingerprint density at radius 2 is 2.00 bits per heavy atom. The van der Waals surface area contributed by atoms with Crippen molar-refractivity contribution in [2.75, 3.05) is 13.1 Å². The average Bonchev–Trinajstić information content (AvgIpc) is 2.64. The molecule has 2 nitrogen and oxygen atoms in total. The number of hydrogen-bond acceptors (Lipinski definition) is 1. The molecule has 0 bridgehead atoms. The number of aromatic nitrogens is 1. The zero-order chi connectivity index (χ0) is 11.8. The highest BCUT2D eigenvalue weighted by atomic mass is 35.5. The minimum atomic E-state index is 0. The van der Waals surface area contributed by atoms with E-state index < -0.39 is 0 Å². The number of para-hydroxylation sites is 1. The van der Waals surface area contributed by atoms with Crippen molar-refractivity contribution < 1.29 is 0 Å². The third-order valence-corrected chi connectivity index (χ3v) is 3.78. The van der Waals surface area contributed by atoms with E-state index in [9.17, 15) is 0 Å². The van der Waals surface area contributed by atoms with E-state index >= 15 is 0 Å². The molecule has 0 spiro atoms. The zero-order valence-corrected chi connectivity index (χ0v) is 11.7. The molecule has 0 aliphatic carbocycles. The molecule has 0 radical (unpaired) electrons. The number of fused-ring (bicyclic) bond motifs is 1. The lowest BCUT2D eigenvalue weighted by Crippen LogP contribution is -2.20. The normalized spacial score (nSPS) is 15.3. The van der Waals surface area contributed by atoms with Gasteiger partial charge in [-0.3, -0.25) is 0 Å². The van der Waals surface area contributed by atoms with Crippen LogP contribution in [0.4, 0.5) is 0 Å². The van der Waals surface area contributed by atoms with Gasteiger partial charge in [0.25, 0.3) is 0 Å². The van der Waals surface area contributed by atoms with Gasteiger partial charge in [0.05, 0.1) is 0 Å². The molecule has 1 aromatic heterocycles. The van der Waals surface area contributed by atoms with E-state index in [-0.39, 0.29) is 12.4 Å². The molecule has 96 valence electrons. The zero-order valence-electron chi connectivity index (χ0n) is 10.9. The lowest BCUT2D eigenvalue weighted by molar-refractivity contribution is 0.738. The molecule has 0 atom stereocenters. The Kier molecular flexibility index (Phi) is 3.79. The van der Waals surface area contributed by atoms with Gasteiger partial charge in [0.2, 0.25) is 0 Å². The first-order valence-electron chi connectivity index (χ1n) is 6.23. The molecule has 0 saturated heterocycles. The topological polar surface area (TPSA) is 17.0 Å². The van der Waals surface area contributed by atoms with Gasteiger partial charge in [0.15, 0.2) is 0 Å². The minimum Gasteiger partial charge on any atom is -0.347 e. The molecule has 2 aromatic rings. The third-order valence-electron chi connectivity index (χ3n) is 3.78. The van der Waals surface area contributed by atoms with E-state index in [1.807, 2.05) is 0 Å². The number of hydrogen-bond donors (Lipinski definition) is 1. The smallest absolute Gasteiger partial charge is 0.0486 e. The Morgan fingerprint density at radius 1 is 1.22 bits per heavy atom. The van der Waals surface area contributed by atoms with Crippen LogP contribution in [0.2, 0.25) is 0 Å². The summed E-state index contributed by atoms with van der Waals surface area (Å²) in [4.78, 5) is 0. The van der Waals surface area contributed by atoms with Gasteiger partial charge in [0.1, 0.15) is 0 Å². The molecule has 3 heteroatoms. The first-order chi connectivity index (χ1) is 8.29. The maximum absolute atomic E-state index is 3.38. The van der Waals surface area contributed by atoms with Crippen LogP contribution in [-0.4, -0.2) is 17.7 Å². The van der Waals surface area contributed by atoms with Crippen LogP contribution in [0.5, 0.6) is 0 Å². The molecule has 1 aliphatic heterocycles. The molecule has 2 heterocycles. The molecule has 0 amide bonds. The Bertz CT molecular complexity index is 596. The summed E-state index contributed by atoms with van der Waals surface area (Å²) < 4.78 is 2.30. The second-order valence-corrected chi connectivity index (χ2v) is 4.72. The molecule has 3 rings (SSSR count). The highest BCUT2D eigenvalue weighted by Gasteiger charge is 2.15. The van der Waals surface area contributed by atoms with E-state index in [1.165, 1.54) is 27.7 Å². The van der Waals surface area contributed by atoms with E-state index in [4.69, 9.17) is 0 Å². The lowest BCUT2D eigenvalue weighted by atomic mass is 9.97. The summed E-state index contributed by atoms with van der Waals surface area (Å²) in [5.41, 5.74) is 5.65. The van der Waals surface area contributed by atoms with Crippen LogP contribution >= 0.6 is 12.4 Å². The van der Waals surface area contributed by atoms with Gasteiger partial charge in [-0.05, 0) is 31.5 Å². The molecule has 1 aliphatic rings. The summed E-state index contributed by atoms with van der Waals surface area (Å²) in [6.07, 6.45) is 3.47. The average molecular weight is 263 g/mol. The molecule has 1 N–H and O–H groups in total. The molecule has 0 unspecified atom stereocenters. The van der Waals surface area contributed by atoms with Gasteiger partial charge in [-0.1, -0.05) is 24.3 Å². The van der Waals surface area contributed by atoms with Crippen molar-refractivity contribution in [2.45, 2.75) is 13.3 Å². The van der Waals surface area contributed by atoms with Gasteiger partial charge < -0.3 is 9.88 Å². The van der Waals surface area contributed by atoms with Crippen molar-refractivity contribution in [2.24, 2.45) is 7.05 Å². The van der Waals surface area contributed by atoms with Crippen LogP contribution in [0.15, 0.2) is 30.3 Å². The highest BCUT2D eigenvalue weighted by molar-refractivity contribution is 5.95. The van der Waals surface area contributed by atoms with Gasteiger partial charge in [0, 0.05) is 35.8 Å². The highest BCUT2D eigenvalue weighted by Crippen LogP contribution is 2.32. The van der Waals surface area contributed by atoms with Gasteiger partial charge in [-0.25, -0.2) is 0 Å². The molecule has 0 saturated carbocycles. The van der Waals surface area contributed by atoms with Gasteiger partial charge >= 0.3 is 0 Å². The Morgan fingerprint density at radius 3 is 2.72 bits per heavy atom. The number of nitrogens with one attached hydrogen (secondary N) is 1. The largest absolute Gasteiger partial charge is 0.347 e. The first kappa shape index (κ1) is 13.2. The maximum Gasteiger partial charge on any atom is 0.0486 e. The predicted molar refractivity (Wildman–Crippen MR) is 80.4 cm³/mol. The Labute approximate surface area is 114 Å². The Balaban J connectivity index is 0.00000120. The van der Waals surface area contributed by atoms with Crippen LogP contribution in [-0.2, 0) is 7.05 Å². The second-order valence-electron chi connectivity index (χ2n) is 4.72. The number of halogens is 1. The van der Waals surface area contributed by atoms with Crippen molar-refractivity contribution in [3.63, 3.8) is 0 Å². The number of rotatable bonds is 1. The number of nitrogens with zero attached hydrogens (tertiary/aromatic N) is 1. The second kappa shape index (κ2) is 5.17.